The first-order valence-electron chi connectivity index (χ1n) is 3.97. The van der Waals surface area contributed by atoms with Gasteiger partial charge in [0, 0.05) is 6.07 Å². The van der Waals surface area contributed by atoms with Gasteiger partial charge in [-0.1, -0.05) is 0 Å². The number of benzene rings is 1. The van der Waals surface area contributed by atoms with Crippen molar-refractivity contribution in [2.75, 3.05) is 0 Å². The molecule has 0 radical (unpaired) electrons. The summed E-state index contributed by atoms with van der Waals surface area (Å²) in [6.07, 6.45) is 2.74. The molecule has 6 nitrogen and oxygen atoms in total. The Morgan fingerprint density at radius 3 is 2.60 bits per heavy atom. The van der Waals surface area contributed by atoms with Crippen molar-refractivity contribution in [3.63, 3.8) is 0 Å². The van der Waals surface area contributed by atoms with Gasteiger partial charge in [-0.15, -0.1) is 10.2 Å². The highest BCUT2D eigenvalue weighted by atomic mass is 19.1. The molecule has 2 rings (SSSR count). The molecule has 0 bridgehead atoms. The molecule has 0 spiro atoms. The van der Waals surface area contributed by atoms with E-state index in [0.29, 0.717) is 5.69 Å². The summed E-state index contributed by atoms with van der Waals surface area (Å²) in [5.41, 5.74) is -0.130. The van der Waals surface area contributed by atoms with Crippen LogP contribution >= 0.6 is 0 Å². The second-order valence-electron chi connectivity index (χ2n) is 2.76. The lowest BCUT2D eigenvalue weighted by atomic mass is 10.2. The number of aromatic nitrogens is 3. The molecular formula is C8H5FN4O2. The van der Waals surface area contributed by atoms with E-state index in [1.807, 2.05) is 0 Å². The van der Waals surface area contributed by atoms with Gasteiger partial charge in [0.25, 0.3) is 0 Å². The summed E-state index contributed by atoms with van der Waals surface area (Å²) in [7, 11) is 0. The van der Waals surface area contributed by atoms with Crippen LogP contribution in [0.4, 0.5) is 10.1 Å². The molecule has 0 N–H and O–H groups in total. The standard InChI is InChI=1S/C8H5FN4O2/c9-7-2-1-6(3-8(7)13(14)15)12-4-10-11-5-12/h1-5H. The molecule has 1 heterocycles. The van der Waals surface area contributed by atoms with Crippen molar-refractivity contribution in [1.82, 2.24) is 14.8 Å². The van der Waals surface area contributed by atoms with Crippen LogP contribution in [0.1, 0.15) is 0 Å². The number of hydrogen-bond acceptors (Lipinski definition) is 4. The van der Waals surface area contributed by atoms with E-state index >= 15 is 0 Å². The van der Waals surface area contributed by atoms with Crippen LogP contribution in [-0.4, -0.2) is 19.7 Å². The Bertz CT molecular complexity index is 497. The SMILES string of the molecule is O=[N+]([O-])c1cc(-n2cnnc2)ccc1F. The second kappa shape index (κ2) is 3.45. The van der Waals surface area contributed by atoms with Crippen LogP contribution in [0.2, 0.25) is 0 Å². The molecule has 0 aliphatic heterocycles. The zero-order valence-electron chi connectivity index (χ0n) is 7.37. The fraction of sp³-hybridized carbons (Fsp3) is 0. The summed E-state index contributed by atoms with van der Waals surface area (Å²) in [6.45, 7) is 0. The minimum Gasteiger partial charge on any atom is -0.288 e. The first-order chi connectivity index (χ1) is 7.18. The van der Waals surface area contributed by atoms with Crippen molar-refractivity contribution in [3.8, 4) is 5.69 Å². The van der Waals surface area contributed by atoms with Crippen molar-refractivity contribution in [3.05, 3.63) is 46.8 Å². The molecule has 15 heavy (non-hydrogen) atoms. The van der Waals surface area contributed by atoms with Crippen LogP contribution in [0, 0.1) is 15.9 Å². The maximum Gasteiger partial charge on any atom is 0.306 e. The maximum absolute atomic E-state index is 13.0. The first-order valence-corrected chi connectivity index (χ1v) is 3.97. The maximum atomic E-state index is 13.0. The Hall–Kier alpha value is -2.31. The van der Waals surface area contributed by atoms with Crippen LogP contribution in [0.5, 0.6) is 0 Å². The summed E-state index contributed by atoms with van der Waals surface area (Å²) >= 11 is 0. The smallest absolute Gasteiger partial charge is 0.288 e. The van der Waals surface area contributed by atoms with E-state index in [9.17, 15) is 14.5 Å². The summed E-state index contributed by atoms with van der Waals surface area (Å²) in [5, 5.41) is 17.6. The quantitative estimate of drug-likeness (QED) is 0.551. The Balaban J connectivity index is 2.52. The monoisotopic (exact) mass is 208 g/mol. The molecule has 1 aromatic carbocycles. The molecule has 0 amide bonds. The molecule has 0 aliphatic carbocycles. The molecule has 0 aliphatic rings. The van der Waals surface area contributed by atoms with Crippen LogP contribution < -0.4 is 0 Å². The molecule has 76 valence electrons. The fourth-order valence-electron chi connectivity index (χ4n) is 1.14. The molecule has 0 saturated carbocycles. The third kappa shape index (κ3) is 1.66. The normalized spacial score (nSPS) is 10.2. The molecule has 0 unspecified atom stereocenters. The Morgan fingerprint density at radius 1 is 1.33 bits per heavy atom. The summed E-state index contributed by atoms with van der Waals surface area (Å²) < 4.78 is 14.4. The molecule has 0 fully saturated rings. The zero-order valence-corrected chi connectivity index (χ0v) is 7.37. The average Bonchev–Trinajstić information content (AvgIpc) is 2.71. The van der Waals surface area contributed by atoms with Crippen molar-refractivity contribution in [2.24, 2.45) is 0 Å². The second-order valence-corrected chi connectivity index (χ2v) is 2.76. The van der Waals surface area contributed by atoms with Gasteiger partial charge in [-0.05, 0) is 12.1 Å². The van der Waals surface area contributed by atoms with E-state index in [4.69, 9.17) is 0 Å². The van der Waals surface area contributed by atoms with E-state index in [1.165, 1.54) is 23.3 Å². The lowest BCUT2D eigenvalue weighted by molar-refractivity contribution is -0.387. The van der Waals surface area contributed by atoms with Crippen molar-refractivity contribution in [1.29, 1.82) is 0 Å². The summed E-state index contributed by atoms with van der Waals surface area (Å²) in [5.74, 6) is -0.864. The predicted molar refractivity (Wildman–Crippen MR) is 48.0 cm³/mol. The highest BCUT2D eigenvalue weighted by Gasteiger charge is 2.14. The van der Waals surface area contributed by atoms with Gasteiger partial charge in [-0.25, -0.2) is 0 Å². The summed E-state index contributed by atoms with van der Waals surface area (Å²) in [6, 6.07) is 3.57. The third-order valence-corrected chi connectivity index (χ3v) is 1.84. The number of rotatable bonds is 2. The zero-order chi connectivity index (χ0) is 10.8. The molecule has 0 saturated heterocycles. The largest absolute Gasteiger partial charge is 0.306 e. The third-order valence-electron chi connectivity index (χ3n) is 1.84. The number of nitrogens with zero attached hydrogens (tertiary/aromatic N) is 4. The summed E-state index contributed by atoms with van der Waals surface area (Å²) in [4.78, 5) is 9.69. The van der Waals surface area contributed by atoms with Crippen molar-refractivity contribution >= 4 is 5.69 Å². The lowest BCUT2D eigenvalue weighted by Gasteiger charge is -2.00. The van der Waals surface area contributed by atoms with E-state index in [0.717, 1.165) is 12.1 Å². The van der Waals surface area contributed by atoms with Crippen LogP contribution in [-0.2, 0) is 0 Å². The number of halogens is 1. The highest BCUT2D eigenvalue weighted by molar-refractivity contribution is 5.43. The Kier molecular flexibility index (Phi) is 2.13. The van der Waals surface area contributed by atoms with Gasteiger partial charge in [-0.3, -0.25) is 14.7 Å². The molecule has 7 heteroatoms. The molecule has 1 aromatic heterocycles. The van der Waals surface area contributed by atoms with Crippen molar-refractivity contribution < 1.29 is 9.31 Å². The lowest BCUT2D eigenvalue weighted by Crippen LogP contribution is -1.96. The molecule has 2 aromatic rings. The number of nitro benzene ring substituents is 1. The Morgan fingerprint density at radius 2 is 2.00 bits per heavy atom. The molecular weight excluding hydrogens is 203 g/mol. The van der Waals surface area contributed by atoms with Crippen LogP contribution in [0.25, 0.3) is 5.69 Å². The average molecular weight is 208 g/mol. The number of hydrogen-bond donors (Lipinski definition) is 0. The van der Waals surface area contributed by atoms with Gasteiger partial charge < -0.3 is 0 Å². The molecule has 0 atom stereocenters. The fourth-order valence-corrected chi connectivity index (χ4v) is 1.14. The van der Waals surface area contributed by atoms with Crippen LogP contribution in [0.3, 0.4) is 0 Å². The Labute approximate surface area is 83.1 Å². The number of nitro groups is 1. The van der Waals surface area contributed by atoms with Gasteiger partial charge in [-0.2, -0.15) is 4.39 Å². The van der Waals surface area contributed by atoms with E-state index < -0.39 is 16.4 Å². The van der Waals surface area contributed by atoms with Gasteiger partial charge in [0.2, 0.25) is 5.82 Å². The van der Waals surface area contributed by atoms with Gasteiger partial charge in [0.15, 0.2) is 0 Å². The van der Waals surface area contributed by atoms with Crippen molar-refractivity contribution in [2.45, 2.75) is 0 Å². The minimum absolute atomic E-state index is 0.438. The van der Waals surface area contributed by atoms with Gasteiger partial charge >= 0.3 is 5.69 Å². The van der Waals surface area contributed by atoms with E-state index in [-0.39, 0.29) is 0 Å². The first kappa shape index (κ1) is 9.25. The van der Waals surface area contributed by atoms with Gasteiger partial charge in [0.1, 0.15) is 12.7 Å². The van der Waals surface area contributed by atoms with E-state index in [2.05, 4.69) is 10.2 Å². The van der Waals surface area contributed by atoms with E-state index in [1.54, 1.807) is 0 Å². The predicted octanol–water partition coefficient (Wildman–Crippen LogP) is 1.31. The van der Waals surface area contributed by atoms with Crippen LogP contribution in [0.15, 0.2) is 30.9 Å². The minimum atomic E-state index is -0.864. The highest BCUT2D eigenvalue weighted by Crippen LogP contribution is 2.20. The van der Waals surface area contributed by atoms with Gasteiger partial charge in [0.05, 0.1) is 10.6 Å². The topological polar surface area (TPSA) is 73.8 Å².